The van der Waals surface area contributed by atoms with Crippen LogP contribution in [-0.4, -0.2) is 13.7 Å². The highest BCUT2D eigenvalue weighted by Crippen LogP contribution is 2.23. The Morgan fingerprint density at radius 1 is 0.731 bits per heavy atom. The molecule has 4 nitrogen and oxygen atoms in total. The summed E-state index contributed by atoms with van der Waals surface area (Å²) in [6.07, 6.45) is 28.8. The van der Waals surface area contributed by atoms with Crippen LogP contribution < -0.4 is 0 Å². The molecule has 0 saturated carbocycles. The molecule has 0 fully saturated rings. The maximum atomic E-state index is 11.0. The highest BCUT2D eigenvalue weighted by molar-refractivity contribution is 7.33. The number of hydrogen-bond acceptors (Lipinski definition) is 4. The minimum Gasteiger partial charge on any atom is -0.309 e. The van der Waals surface area contributed by atoms with Crippen LogP contribution in [0.15, 0.2) is 48.6 Å². The number of unbranched alkanes of at least 4 members (excludes halogenated alkanes) is 5. The molecule has 0 heterocycles. The van der Waals surface area contributed by atoms with Gasteiger partial charge in [0.25, 0.3) is 0 Å². The van der Waals surface area contributed by atoms with Crippen molar-refractivity contribution < 1.29 is 18.7 Å². The first-order valence-corrected chi connectivity index (χ1v) is 11.0. The Kier molecular flexibility index (Phi) is 21.3. The predicted octanol–water partition coefficient (Wildman–Crippen LogP) is 7.12. The molecule has 0 bridgehead atoms. The lowest BCUT2D eigenvalue weighted by atomic mass is 10.2. The molecule has 1 atom stereocenters. The Morgan fingerprint density at radius 2 is 1.23 bits per heavy atom. The third-order valence-corrected chi connectivity index (χ3v) is 4.34. The number of hydrogen-bond donors (Lipinski definition) is 0. The van der Waals surface area contributed by atoms with E-state index in [1.807, 2.05) is 0 Å². The molecule has 0 aliphatic rings. The summed E-state index contributed by atoms with van der Waals surface area (Å²) in [6.45, 7) is 2.68. The zero-order valence-electron chi connectivity index (χ0n) is 16.5. The molecule has 0 aromatic rings. The van der Waals surface area contributed by atoms with Gasteiger partial charge in [-0.2, -0.15) is 4.67 Å². The maximum Gasteiger partial charge on any atom is 0.346 e. The van der Waals surface area contributed by atoms with Gasteiger partial charge in [-0.05, 0) is 51.4 Å². The van der Waals surface area contributed by atoms with Crippen molar-refractivity contribution in [2.24, 2.45) is 0 Å². The van der Waals surface area contributed by atoms with Gasteiger partial charge in [0.15, 0.2) is 0 Å². The van der Waals surface area contributed by atoms with Gasteiger partial charge in [-0.3, -0.25) is 4.57 Å². The Labute approximate surface area is 160 Å². The van der Waals surface area contributed by atoms with Gasteiger partial charge in [0.1, 0.15) is 0 Å². The summed E-state index contributed by atoms with van der Waals surface area (Å²) >= 11 is 0. The van der Waals surface area contributed by atoms with Crippen molar-refractivity contribution in [1.82, 2.24) is 0 Å². The normalized spacial score (nSPS) is 13.8. The molecule has 26 heavy (non-hydrogen) atoms. The van der Waals surface area contributed by atoms with Gasteiger partial charge in [0, 0.05) is 0 Å². The van der Waals surface area contributed by atoms with Crippen molar-refractivity contribution in [2.75, 3.05) is 13.7 Å². The van der Waals surface area contributed by atoms with E-state index in [-0.39, 0.29) is 0 Å². The summed E-state index contributed by atoms with van der Waals surface area (Å²) in [7, 11) is -1.16. The highest BCUT2D eigenvalue weighted by atomic mass is 31.1. The molecule has 150 valence electrons. The van der Waals surface area contributed by atoms with Crippen LogP contribution in [0, 0.1) is 0 Å². The topological polar surface area (TPSA) is 44.8 Å². The lowest BCUT2D eigenvalue weighted by Crippen LogP contribution is -1.88. The number of allylic oxidation sites excluding steroid dienone is 8. The molecule has 0 radical (unpaired) electrons. The minimum atomic E-state index is -2.47. The van der Waals surface area contributed by atoms with E-state index in [0.717, 1.165) is 38.5 Å². The maximum absolute atomic E-state index is 11.0. The fourth-order valence-electron chi connectivity index (χ4n) is 2.17. The van der Waals surface area contributed by atoms with Crippen LogP contribution in [0.4, 0.5) is 0 Å². The summed E-state index contributed by atoms with van der Waals surface area (Å²) in [6, 6.07) is 0. The van der Waals surface area contributed by atoms with Crippen LogP contribution in [0.5, 0.6) is 0 Å². The van der Waals surface area contributed by atoms with E-state index in [4.69, 9.17) is 4.52 Å². The van der Waals surface area contributed by atoms with Gasteiger partial charge in [-0.1, -0.05) is 68.4 Å². The second-order valence-electron chi connectivity index (χ2n) is 5.93. The summed E-state index contributed by atoms with van der Waals surface area (Å²) < 4.78 is 20.3. The van der Waals surface area contributed by atoms with Gasteiger partial charge in [-0.15, -0.1) is 0 Å². The minimum absolute atomic E-state index is 0.440. The molecule has 0 spiro atoms. The van der Waals surface area contributed by atoms with E-state index in [1.54, 1.807) is 0 Å². The van der Waals surface area contributed by atoms with E-state index >= 15 is 0 Å². The van der Waals surface area contributed by atoms with Crippen molar-refractivity contribution in [3.63, 3.8) is 0 Å². The van der Waals surface area contributed by atoms with Gasteiger partial charge in [0.2, 0.25) is 0 Å². The summed E-state index contributed by atoms with van der Waals surface area (Å²) in [5, 5.41) is 0. The van der Waals surface area contributed by atoms with Gasteiger partial charge >= 0.3 is 8.25 Å². The molecule has 0 aromatic heterocycles. The number of rotatable bonds is 18. The quantitative estimate of drug-likeness (QED) is 0.0830. The SMILES string of the molecule is CCCCCC=CCC=CCC=CCC=CCCCCO[PH](=O)OOC. The smallest absolute Gasteiger partial charge is 0.309 e. The Bertz CT molecular complexity index is 428. The first kappa shape index (κ1) is 25.1. The fraction of sp³-hybridized carbons (Fsp3) is 0.619. The van der Waals surface area contributed by atoms with Crippen molar-refractivity contribution in [1.29, 1.82) is 0 Å². The molecule has 1 unspecified atom stereocenters. The van der Waals surface area contributed by atoms with Gasteiger partial charge < -0.3 is 4.52 Å². The van der Waals surface area contributed by atoms with E-state index < -0.39 is 8.25 Å². The second kappa shape index (κ2) is 22.1. The lowest BCUT2D eigenvalue weighted by Gasteiger charge is -2.01. The van der Waals surface area contributed by atoms with Crippen LogP contribution in [0.2, 0.25) is 0 Å². The molecule has 0 aliphatic heterocycles. The first-order valence-electron chi connectivity index (χ1n) is 9.78. The molecule has 0 saturated heterocycles. The standard InChI is InChI=1S/C21H37O4P/c1-3-4-5-6-7-8-9-10-11-12-13-14-15-16-17-18-19-20-21-24-26(22)25-23-2/h7-8,10-11,13-14,16-17,26H,3-6,9,12,15,18-21H2,1-2H3. The Hall–Kier alpha value is -0.930. The Balaban J connectivity index is 3.40. The molecule has 0 aliphatic carbocycles. The van der Waals surface area contributed by atoms with Crippen LogP contribution in [-0.2, 0) is 18.7 Å². The second-order valence-corrected chi connectivity index (χ2v) is 6.89. The zero-order valence-corrected chi connectivity index (χ0v) is 17.5. The Morgan fingerprint density at radius 3 is 1.73 bits per heavy atom. The molecular weight excluding hydrogens is 347 g/mol. The molecule has 5 heteroatoms. The van der Waals surface area contributed by atoms with Crippen molar-refractivity contribution in [3.05, 3.63) is 48.6 Å². The molecule has 0 aromatic carbocycles. The summed E-state index contributed by atoms with van der Waals surface area (Å²) in [4.78, 5) is 4.28. The van der Waals surface area contributed by atoms with E-state index in [9.17, 15) is 4.57 Å². The van der Waals surface area contributed by atoms with Crippen molar-refractivity contribution in [2.45, 2.75) is 71.1 Å². The van der Waals surface area contributed by atoms with Gasteiger partial charge in [0.05, 0.1) is 13.7 Å². The monoisotopic (exact) mass is 384 g/mol. The fourth-order valence-corrected chi connectivity index (χ4v) is 2.67. The summed E-state index contributed by atoms with van der Waals surface area (Å²) in [5.74, 6) is 0. The van der Waals surface area contributed by atoms with E-state index in [1.165, 1.54) is 32.8 Å². The van der Waals surface area contributed by atoms with Crippen molar-refractivity contribution >= 4 is 8.25 Å². The van der Waals surface area contributed by atoms with Crippen LogP contribution in [0.3, 0.4) is 0 Å². The third-order valence-electron chi connectivity index (χ3n) is 3.59. The van der Waals surface area contributed by atoms with E-state index in [0.29, 0.717) is 6.61 Å². The largest absolute Gasteiger partial charge is 0.346 e. The van der Waals surface area contributed by atoms with Gasteiger partial charge in [-0.25, -0.2) is 4.89 Å². The highest BCUT2D eigenvalue weighted by Gasteiger charge is 1.97. The van der Waals surface area contributed by atoms with Crippen molar-refractivity contribution in [3.8, 4) is 0 Å². The molecule has 0 rings (SSSR count). The molecular formula is C21H37O4P. The molecule has 0 N–H and O–H groups in total. The lowest BCUT2D eigenvalue weighted by molar-refractivity contribution is -0.181. The third kappa shape index (κ3) is 21.1. The average molecular weight is 384 g/mol. The summed E-state index contributed by atoms with van der Waals surface area (Å²) in [5.41, 5.74) is 0. The predicted molar refractivity (Wildman–Crippen MR) is 111 cm³/mol. The van der Waals surface area contributed by atoms with Crippen LogP contribution in [0.1, 0.15) is 71.1 Å². The first-order chi connectivity index (χ1) is 12.8. The van der Waals surface area contributed by atoms with Crippen LogP contribution >= 0.6 is 8.25 Å². The van der Waals surface area contributed by atoms with E-state index in [2.05, 4.69) is 65.1 Å². The average Bonchev–Trinajstić information content (AvgIpc) is 2.64. The zero-order chi connectivity index (χ0) is 19.1. The molecule has 0 amide bonds. The van der Waals surface area contributed by atoms with Crippen LogP contribution in [0.25, 0.3) is 0 Å².